The van der Waals surface area contributed by atoms with E-state index < -0.39 is 0 Å². The molecule has 5 rings (SSSR count). The molecule has 2 amide bonds. The molecule has 2 N–H and O–H groups in total. The van der Waals surface area contributed by atoms with Gasteiger partial charge in [-0.05, 0) is 12.5 Å². The SMILES string of the molecule is Cc1c(CN2CCN(C(=O)N(C)C)CC2)sc2c(N3CCOCC3)nc(-c3cnc(N)nc3)nc12. The van der Waals surface area contributed by atoms with Crippen molar-refractivity contribution in [1.82, 2.24) is 34.6 Å². The molecule has 0 aliphatic carbocycles. The Morgan fingerprint density at radius 3 is 2.43 bits per heavy atom. The van der Waals surface area contributed by atoms with Gasteiger partial charge in [0, 0.05) is 77.2 Å². The molecule has 0 spiro atoms. The Labute approximate surface area is 208 Å². The number of carbonyl (C=O) groups is 1. The van der Waals surface area contributed by atoms with Gasteiger partial charge < -0.3 is 25.2 Å². The van der Waals surface area contributed by atoms with Crippen molar-refractivity contribution in [2.45, 2.75) is 13.5 Å². The lowest BCUT2D eigenvalue weighted by molar-refractivity contribution is 0.120. The van der Waals surface area contributed by atoms with Gasteiger partial charge in [-0.1, -0.05) is 0 Å². The van der Waals surface area contributed by atoms with Crippen LogP contribution in [0.5, 0.6) is 0 Å². The number of anilines is 2. The van der Waals surface area contributed by atoms with E-state index in [2.05, 4.69) is 26.7 Å². The lowest BCUT2D eigenvalue weighted by atomic mass is 10.2. The highest BCUT2D eigenvalue weighted by molar-refractivity contribution is 7.19. The Hall–Kier alpha value is -3.09. The number of piperazine rings is 1. The van der Waals surface area contributed by atoms with E-state index in [1.165, 1.54) is 10.4 Å². The first-order valence-electron chi connectivity index (χ1n) is 11.8. The summed E-state index contributed by atoms with van der Waals surface area (Å²) in [6.45, 7) is 9.08. The fourth-order valence-electron chi connectivity index (χ4n) is 4.42. The van der Waals surface area contributed by atoms with Gasteiger partial charge in [-0.25, -0.2) is 24.7 Å². The van der Waals surface area contributed by atoms with Gasteiger partial charge in [-0.2, -0.15) is 0 Å². The van der Waals surface area contributed by atoms with Crippen molar-refractivity contribution >= 4 is 39.4 Å². The highest BCUT2D eigenvalue weighted by atomic mass is 32.1. The number of amides is 2. The molecule has 186 valence electrons. The van der Waals surface area contributed by atoms with Gasteiger partial charge >= 0.3 is 6.03 Å². The zero-order chi connectivity index (χ0) is 24.5. The zero-order valence-electron chi connectivity index (χ0n) is 20.4. The molecule has 5 heterocycles. The topological polar surface area (TPSA) is 117 Å². The fourth-order valence-corrected chi connectivity index (χ4v) is 5.73. The molecule has 2 aliphatic heterocycles. The number of fused-ring (bicyclic) bond motifs is 1. The number of nitrogens with zero attached hydrogens (tertiary/aromatic N) is 8. The molecular formula is C23H31N9O2S. The number of nitrogens with two attached hydrogens (primary N) is 1. The number of urea groups is 1. The number of thiophene rings is 1. The maximum Gasteiger partial charge on any atom is 0.319 e. The van der Waals surface area contributed by atoms with Crippen LogP contribution in [0.3, 0.4) is 0 Å². The molecule has 0 unspecified atom stereocenters. The van der Waals surface area contributed by atoms with Crippen molar-refractivity contribution in [3.05, 3.63) is 22.8 Å². The van der Waals surface area contributed by atoms with E-state index in [-0.39, 0.29) is 12.0 Å². The van der Waals surface area contributed by atoms with Crippen molar-refractivity contribution < 1.29 is 9.53 Å². The van der Waals surface area contributed by atoms with Gasteiger partial charge in [0.1, 0.15) is 0 Å². The average molecular weight is 498 g/mol. The molecule has 12 heteroatoms. The molecule has 0 aromatic carbocycles. The molecular weight excluding hydrogens is 466 g/mol. The highest BCUT2D eigenvalue weighted by Crippen LogP contribution is 2.38. The second-order valence-corrected chi connectivity index (χ2v) is 10.2. The number of carbonyl (C=O) groups excluding carboxylic acids is 1. The summed E-state index contributed by atoms with van der Waals surface area (Å²) in [5, 5.41) is 0. The average Bonchev–Trinajstić information content (AvgIpc) is 3.19. The maximum absolute atomic E-state index is 12.3. The summed E-state index contributed by atoms with van der Waals surface area (Å²) >= 11 is 1.77. The third-order valence-electron chi connectivity index (χ3n) is 6.48. The summed E-state index contributed by atoms with van der Waals surface area (Å²) in [5.41, 5.74) is 8.57. The molecule has 0 bridgehead atoms. The van der Waals surface area contributed by atoms with E-state index in [4.69, 9.17) is 20.4 Å². The summed E-state index contributed by atoms with van der Waals surface area (Å²) in [5.74, 6) is 1.76. The number of hydrogen-bond donors (Lipinski definition) is 1. The molecule has 2 fully saturated rings. The normalized spacial score (nSPS) is 17.2. The number of nitrogen functional groups attached to an aromatic ring is 1. The van der Waals surface area contributed by atoms with Crippen LogP contribution in [-0.4, -0.2) is 107 Å². The molecule has 2 aliphatic rings. The summed E-state index contributed by atoms with van der Waals surface area (Å²) in [6.07, 6.45) is 3.34. The Kier molecular flexibility index (Phi) is 6.67. The summed E-state index contributed by atoms with van der Waals surface area (Å²) < 4.78 is 6.68. The van der Waals surface area contributed by atoms with Crippen LogP contribution in [0.2, 0.25) is 0 Å². The van der Waals surface area contributed by atoms with E-state index in [1.54, 1.807) is 42.7 Å². The van der Waals surface area contributed by atoms with Crippen molar-refractivity contribution in [2.75, 3.05) is 77.2 Å². The standard InChI is InChI=1S/C23H31N9O2S/c1-15-17(14-30-4-6-32(7-5-30)23(33)29(2)3)35-19-18(15)27-20(16-12-25-22(24)26-13-16)28-21(19)31-8-10-34-11-9-31/h12-13H,4-11,14H2,1-3H3,(H2,24,25,26). The Bertz CT molecular complexity index is 1200. The molecule has 35 heavy (non-hydrogen) atoms. The lowest BCUT2D eigenvalue weighted by Crippen LogP contribution is -2.51. The number of morpholine rings is 1. The third kappa shape index (κ3) is 4.86. The van der Waals surface area contributed by atoms with Crippen LogP contribution in [-0.2, 0) is 11.3 Å². The van der Waals surface area contributed by atoms with E-state index in [9.17, 15) is 4.79 Å². The smallest absolute Gasteiger partial charge is 0.319 e. The van der Waals surface area contributed by atoms with Crippen LogP contribution >= 0.6 is 11.3 Å². The molecule has 0 atom stereocenters. The van der Waals surface area contributed by atoms with E-state index >= 15 is 0 Å². The molecule has 0 saturated carbocycles. The second kappa shape index (κ2) is 9.88. The van der Waals surface area contributed by atoms with Gasteiger partial charge in [-0.3, -0.25) is 4.90 Å². The molecule has 3 aromatic rings. The van der Waals surface area contributed by atoms with E-state index in [1.807, 2.05) is 4.90 Å². The minimum absolute atomic E-state index is 0.0762. The first-order chi connectivity index (χ1) is 16.9. The van der Waals surface area contributed by atoms with E-state index in [0.717, 1.165) is 67.4 Å². The van der Waals surface area contributed by atoms with Gasteiger partial charge in [0.25, 0.3) is 0 Å². The van der Waals surface area contributed by atoms with Crippen LogP contribution in [0.4, 0.5) is 16.6 Å². The van der Waals surface area contributed by atoms with Gasteiger partial charge in [0.15, 0.2) is 11.6 Å². The highest BCUT2D eigenvalue weighted by Gasteiger charge is 2.26. The van der Waals surface area contributed by atoms with Gasteiger partial charge in [0.05, 0.1) is 29.0 Å². The number of hydrogen-bond acceptors (Lipinski definition) is 10. The zero-order valence-corrected chi connectivity index (χ0v) is 21.2. The largest absolute Gasteiger partial charge is 0.378 e. The lowest BCUT2D eigenvalue weighted by Gasteiger charge is -2.35. The van der Waals surface area contributed by atoms with Crippen LogP contribution in [0.15, 0.2) is 12.4 Å². The Balaban J connectivity index is 1.45. The molecule has 2 saturated heterocycles. The number of ether oxygens (including phenoxy) is 1. The minimum atomic E-state index is 0.0762. The Morgan fingerprint density at radius 1 is 1.09 bits per heavy atom. The molecule has 0 radical (unpaired) electrons. The summed E-state index contributed by atoms with van der Waals surface area (Å²) in [6, 6.07) is 0.0762. The first kappa shape index (κ1) is 23.6. The van der Waals surface area contributed by atoms with Crippen molar-refractivity contribution in [2.24, 2.45) is 0 Å². The third-order valence-corrected chi connectivity index (χ3v) is 7.74. The van der Waals surface area contributed by atoms with Crippen molar-refractivity contribution in [3.8, 4) is 11.4 Å². The quantitative estimate of drug-likeness (QED) is 0.574. The summed E-state index contributed by atoms with van der Waals surface area (Å²) in [7, 11) is 3.60. The predicted octanol–water partition coefficient (Wildman–Crippen LogP) is 1.67. The van der Waals surface area contributed by atoms with Gasteiger partial charge in [0.2, 0.25) is 5.95 Å². The van der Waals surface area contributed by atoms with E-state index in [0.29, 0.717) is 19.0 Å². The van der Waals surface area contributed by atoms with Gasteiger partial charge in [-0.15, -0.1) is 11.3 Å². The maximum atomic E-state index is 12.3. The molecule has 3 aromatic heterocycles. The Morgan fingerprint density at radius 2 is 1.77 bits per heavy atom. The van der Waals surface area contributed by atoms with Crippen LogP contribution in [0, 0.1) is 6.92 Å². The molecule has 11 nitrogen and oxygen atoms in total. The van der Waals surface area contributed by atoms with Crippen molar-refractivity contribution in [1.29, 1.82) is 0 Å². The minimum Gasteiger partial charge on any atom is -0.378 e. The predicted molar refractivity (Wildman–Crippen MR) is 137 cm³/mol. The van der Waals surface area contributed by atoms with Crippen LogP contribution in [0.1, 0.15) is 10.4 Å². The first-order valence-corrected chi connectivity index (χ1v) is 12.6. The number of aryl methyl sites for hydroxylation is 1. The second-order valence-electron chi connectivity index (χ2n) is 9.07. The number of aromatic nitrogens is 4. The van der Waals surface area contributed by atoms with Crippen LogP contribution in [0.25, 0.3) is 21.6 Å². The summed E-state index contributed by atoms with van der Waals surface area (Å²) in [4.78, 5) is 40.0. The van der Waals surface area contributed by atoms with Crippen LogP contribution < -0.4 is 10.6 Å². The number of rotatable bonds is 4. The van der Waals surface area contributed by atoms with Crippen molar-refractivity contribution in [3.63, 3.8) is 0 Å². The monoisotopic (exact) mass is 497 g/mol. The fraction of sp³-hybridized carbons (Fsp3) is 0.522.